The van der Waals surface area contributed by atoms with E-state index in [4.69, 9.17) is 23.2 Å². The molecule has 4 rings (SSSR count). The third-order valence-electron chi connectivity index (χ3n) is 6.30. The summed E-state index contributed by atoms with van der Waals surface area (Å²) in [7, 11) is 0. The summed E-state index contributed by atoms with van der Waals surface area (Å²) in [4.78, 5) is 30.5. The molecule has 13 heteroatoms. The van der Waals surface area contributed by atoms with Crippen LogP contribution < -0.4 is 15.5 Å². The first kappa shape index (κ1) is 31.2. The van der Waals surface area contributed by atoms with E-state index in [1.54, 1.807) is 57.4 Å². The number of aromatic nitrogens is 3. The molecule has 0 unspecified atom stereocenters. The van der Waals surface area contributed by atoms with Crippen molar-refractivity contribution in [2.75, 3.05) is 22.1 Å². The molecule has 2 heterocycles. The average Bonchev–Trinajstić information content (AvgIpc) is 3.27. The lowest BCUT2D eigenvalue weighted by Crippen LogP contribution is -2.17. The van der Waals surface area contributed by atoms with Crippen LogP contribution in [0.5, 0.6) is 0 Å². The number of nitriles is 1. The maximum atomic E-state index is 12.2. The fourth-order valence-corrected chi connectivity index (χ4v) is 4.87. The molecule has 11 nitrogen and oxygen atoms in total. The summed E-state index contributed by atoms with van der Waals surface area (Å²) in [6, 6.07) is 14.3. The molecule has 0 spiro atoms. The average molecular weight is 619 g/mol. The molecule has 0 bridgehead atoms. The van der Waals surface area contributed by atoms with E-state index < -0.39 is 0 Å². The Labute approximate surface area is 259 Å². The van der Waals surface area contributed by atoms with E-state index in [9.17, 15) is 14.9 Å². The van der Waals surface area contributed by atoms with Crippen molar-refractivity contribution in [2.24, 2.45) is 16.1 Å². The monoisotopic (exact) mass is 617 g/mol. The summed E-state index contributed by atoms with van der Waals surface area (Å²) < 4.78 is 1.34. The quantitative estimate of drug-likeness (QED) is 0.183. The zero-order chi connectivity index (χ0) is 31.3. The number of nitrogens with zero attached hydrogens (tertiary/aromatic N) is 7. The van der Waals surface area contributed by atoms with Gasteiger partial charge in [0.2, 0.25) is 11.8 Å². The molecule has 2 N–H and O–H groups in total. The van der Waals surface area contributed by atoms with Crippen molar-refractivity contribution in [1.29, 1.82) is 5.26 Å². The highest BCUT2D eigenvalue weighted by Crippen LogP contribution is 2.38. The summed E-state index contributed by atoms with van der Waals surface area (Å²) in [5.41, 5.74) is 3.68. The number of anilines is 4. The van der Waals surface area contributed by atoms with Gasteiger partial charge in [0.05, 0.1) is 33.3 Å². The van der Waals surface area contributed by atoms with Gasteiger partial charge in [-0.3, -0.25) is 14.6 Å². The van der Waals surface area contributed by atoms with E-state index in [1.165, 1.54) is 11.6 Å². The Morgan fingerprint density at radius 1 is 1.09 bits per heavy atom. The van der Waals surface area contributed by atoms with Crippen LogP contribution in [0.4, 0.5) is 34.3 Å². The van der Waals surface area contributed by atoms with Crippen LogP contribution in [0.25, 0.3) is 5.69 Å². The molecular weight excluding hydrogens is 589 g/mol. The third-order valence-corrected chi connectivity index (χ3v) is 6.87. The normalized spacial score (nSPS) is 11.0. The van der Waals surface area contributed by atoms with Gasteiger partial charge in [-0.15, -0.1) is 10.2 Å². The van der Waals surface area contributed by atoms with Crippen molar-refractivity contribution >= 4 is 69.3 Å². The van der Waals surface area contributed by atoms with Crippen molar-refractivity contribution in [3.05, 3.63) is 76.2 Å². The molecule has 0 atom stereocenters. The molecule has 0 radical (unpaired) electrons. The summed E-state index contributed by atoms with van der Waals surface area (Å²) in [5, 5.41) is 29.1. The number of aryl methyl sites for hydroxylation is 1. The number of hydrogen-bond acceptors (Lipinski definition) is 8. The van der Waals surface area contributed by atoms with Gasteiger partial charge in [0.1, 0.15) is 23.0 Å². The van der Waals surface area contributed by atoms with E-state index in [2.05, 4.69) is 37.0 Å². The molecule has 0 fully saturated rings. The third kappa shape index (κ3) is 6.99. The first-order valence-electron chi connectivity index (χ1n) is 13.3. The number of carbonyl (C=O) groups is 2. The highest BCUT2D eigenvalue weighted by Gasteiger charge is 2.22. The summed E-state index contributed by atoms with van der Waals surface area (Å²) in [6.45, 7) is 9.25. The zero-order valence-electron chi connectivity index (χ0n) is 24.2. The smallest absolute Gasteiger partial charge is 0.226 e. The van der Waals surface area contributed by atoms with Crippen molar-refractivity contribution in [2.45, 2.75) is 34.6 Å². The Hall–Kier alpha value is -4.79. The minimum Gasteiger partial charge on any atom is -0.340 e. The predicted octanol–water partition coefficient (Wildman–Crippen LogP) is 7.88. The second-order valence-corrected chi connectivity index (χ2v) is 10.6. The first-order chi connectivity index (χ1) is 20.5. The molecule has 0 saturated heterocycles. The molecule has 0 aliphatic heterocycles. The van der Waals surface area contributed by atoms with Gasteiger partial charge < -0.3 is 15.5 Å². The molecule has 4 aromatic rings. The molecule has 0 aliphatic rings. The van der Waals surface area contributed by atoms with Crippen LogP contribution in [0, 0.1) is 24.2 Å². The van der Waals surface area contributed by atoms with E-state index >= 15 is 0 Å². The van der Waals surface area contributed by atoms with Crippen LogP contribution in [0.1, 0.15) is 39.0 Å². The van der Waals surface area contributed by atoms with Gasteiger partial charge in [-0.1, -0.05) is 37.0 Å². The van der Waals surface area contributed by atoms with E-state index in [0.29, 0.717) is 29.3 Å². The fourth-order valence-electron chi connectivity index (χ4n) is 4.22. The molecule has 2 aromatic heterocycles. The maximum Gasteiger partial charge on any atom is 0.226 e. The molecular formula is C30H29Cl2N9O2. The van der Waals surface area contributed by atoms with Crippen LogP contribution in [-0.4, -0.2) is 33.1 Å². The van der Waals surface area contributed by atoms with Crippen LogP contribution in [0.15, 0.2) is 65.1 Å². The molecule has 2 aromatic carbocycles. The maximum absolute atomic E-state index is 12.2. The number of pyridine rings is 1. The SMILES string of the molecule is CCN(c1cccnc1)c1ccc(N=Nc2c(C#N)c(C)nn2-c2c(Cl)cc(NC(=O)C(C)C)cc2Cl)c(NC(C)=O)c1. The van der Waals surface area contributed by atoms with Gasteiger partial charge in [-0.2, -0.15) is 10.4 Å². The van der Waals surface area contributed by atoms with Gasteiger partial charge in [0.25, 0.3) is 0 Å². The summed E-state index contributed by atoms with van der Waals surface area (Å²) in [6.07, 6.45) is 3.45. The topological polar surface area (TPSA) is 141 Å². The summed E-state index contributed by atoms with van der Waals surface area (Å²) >= 11 is 13.2. The number of azo groups is 1. The fraction of sp³-hybridized carbons (Fsp3) is 0.233. The van der Waals surface area contributed by atoms with Crippen LogP contribution >= 0.6 is 23.2 Å². The van der Waals surface area contributed by atoms with E-state index in [-0.39, 0.29) is 44.8 Å². The van der Waals surface area contributed by atoms with Crippen LogP contribution in [0.2, 0.25) is 10.0 Å². The predicted molar refractivity (Wildman–Crippen MR) is 168 cm³/mol. The molecule has 2 amide bonds. The minimum atomic E-state index is -0.292. The molecule has 0 saturated carbocycles. The Morgan fingerprint density at radius 3 is 2.40 bits per heavy atom. The second-order valence-electron chi connectivity index (χ2n) is 9.78. The van der Waals surface area contributed by atoms with Gasteiger partial charge in [-0.25, -0.2) is 4.68 Å². The number of halogens is 2. The van der Waals surface area contributed by atoms with Crippen molar-refractivity contribution in [1.82, 2.24) is 14.8 Å². The van der Waals surface area contributed by atoms with Crippen LogP contribution in [0.3, 0.4) is 0 Å². The first-order valence-corrected chi connectivity index (χ1v) is 14.1. The molecule has 43 heavy (non-hydrogen) atoms. The number of rotatable bonds is 9. The highest BCUT2D eigenvalue weighted by atomic mass is 35.5. The van der Waals surface area contributed by atoms with Gasteiger partial charge in [0.15, 0.2) is 5.82 Å². The summed E-state index contributed by atoms with van der Waals surface area (Å²) in [5.74, 6) is -0.640. The number of amides is 2. The van der Waals surface area contributed by atoms with Gasteiger partial charge in [0, 0.05) is 37.0 Å². The molecule has 0 aliphatic carbocycles. The zero-order valence-corrected chi connectivity index (χ0v) is 25.7. The lowest BCUT2D eigenvalue weighted by Gasteiger charge is -2.23. The highest BCUT2D eigenvalue weighted by molar-refractivity contribution is 6.38. The van der Waals surface area contributed by atoms with Gasteiger partial charge >= 0.3 is 0 Å². The van der Waals surface area contributed by atoms with Crippen LogP contribution in [-0.2, 0) is 9.59 Å². The molecule has 220 valence electrons. The van der Waals surface area contributed by atoms with Crippen molar-refractivity contribution in [3.8, 4) is 11.8 Å². The minimum absolute atomic E-state index is 0.0890. The van der Waals surface area contributed by atoms with Crippen molar-refractivity contribution in [3.63, 3.8) is 0 Å². The number of benzene rings is 2. The van der Waals surface area contributed by atoms with E-state index in [1.807, 2.05) is 30.0 Å². The standard InChI is InChI=1S/C30H29Cl2N9O2/c1-6-40(22-8-7-11-34-16-22)21-9-10-26(27(14-21)35-19(5)42)37-38-29-23(15-33)18(4)39-41(29)28-24(31)12-20(13-25(28)32)36-30(43)17(2)3/h7-14,16-17H,6H2,1-5H3,(H,35,42)(H,36,43). The van der Waals surface area contributed by atoms with E-state index in [0.717, 1.165) is 11.4 Å². The lowest BCUT2D eigenvalue weighted by molar-refractivity contribution is -0.119. The largest absolute Gasteiger partial charge is 0.340 e. The Kier molecular flexibility index (Phi) is 9.75. The lowest BCUT2D eigenvalue weighted by atomic mass is 10.2. The number of nitrogens with one attached hydrogen (secondary N) is 2. The second kappa shape index (κ2) is 13.5. The van der Waals surface area contributed by atoms with Gasteiger partial charge in [-0.05, 0) is 56.3 Å². The number of carbonyl (C=O) groups excluding carboxylic acids is 2. The number of hydrogen-bond donors (Lipinski definition) is 2. The Bertz CT molecular complexity index is 1720. The van der Waals surface area contributed by atoms with Crippen molar-refractivity contribution < 1.29 is 9.59 Å². The Morgan fingerprint density at radius 2 is 1.81 bits per heavy atom. The Balaban J connectivity index is 1.78.